The molecule has 1 aromatic heterocycles. The molecule has 1 saturated heterocycles. The molecule has 0 radical (unpaired) electrons. The summed E-state index contributed by atoms with van der Waals surface area (Å²) in [6.45, 7) is 1.39. The molecule has 0 spiro atoms. The third-order valence-electron chi connectivity index (χ3n) is 2.38. The normalized spacial score (nSPS) is 20.1. The van der Waals surface area contributed by atoms with Crippen molar-refractivity contribution < 1.29 is 9.53 Å². The Morgan fingerprint density at radius 1 is 1.67 bits per heavy atom. The smallest absolute Gasteiger partial charge is 0.224 e. The topological polar surface area (TPSA) is 51.2 Å². The first-order chi connectivity index (χ1) is 7.34. The van der Waals surface area contributed by atoms with Gasteiger partial charge in [0.2, 0.25) is 5.91 Å². The van der Waals surface area contributed by atoms with Crippen molar-refractivity contribution in [1.82, 2.24) is 10.3 Å². The van der Waals surface area contributed by atoms with Gasteiger partial charge in [-0.05, 0) is 18.1 Å². The minimum Gasteiger partial charge on any atom is -0.379 e. The van der Waals surface area contributed by atoms with Gasteiger partial charge in [0.25, 0.3) is 0 Å². The van der Waals surface area contributed by atoms with Crippen LogP contribution in [0.15, 0.2) is 24.5 Å². The molecule has 15 heavy (non-hydrogen) atoms. The molecule has 0 aromatic carbocycles. The Morgan fingerprint density at radius 2 is 2.60 bits per heavy atom. The minimum atomic E-state index is 0.0403. The van der Waals surface area contributed by atoms with E-state index in [1.165, 1.54) is 0 Å². The number of amides is 1. The summed E-state index contributed by atoms with van der Waals surface area (Å²) in [6, 6.07) is 3.92. The molecule has 80 valence electrons. The van der Waals surface area contributed by atoms with E-state index in [-0.39, 0.29) is 11.9 Å². The Morgan fingerprint density at radius 3 is 3.27 bits per heavy atom. The molecule has 0 bridgehead atoms. The molecule has 1 atom stereocenters. The molecule has 1 aromatic rings. The van der Waals surface area contributed by atoms with Crippen molar-refractivity contribution in [2.45, 2.75) is 18.9 Å². The number of aromatic nitrogens is 1. The Hall–Kier alpha value is -1.42. The van der Waals surface area contributed by atoms with Gasteiger partial charge in [0.15, 0.2) is 0 Å². The quantitative estimate of drug-likeness (QED) is 0.784. The van der Waals surface area contributed by atoms with E-state index in [1.54, 1.807) is 12.4 Å². The van der Waals surface area contributed by atoms with Crippen LogP contribution in [0.25, 0.3) is 0 Å². The molecule has 4 nitrogen and oxygen atoms in total. The van der Waals surface area contributed by atoms with Crippen LogP contribution in [0, 0.1) is 0 Å². The molecular weight excluding hydrogens is 192 g/mol. The molecule has 1 amide bonds. The molecule has 2 rings (SSSR count). The summed E-state index contributed by atoms with van der Waals surface area (Å²) in [5.41, 5.74) is 0.939. The monoisotopic (exact) mass is 206 g/mol. The number of hydrogen-bond donors (Lipinski definition) is 1. The largest absolute Gasteiger partial charge is 0.379 e. The molecule has 1 fully saturated rings. The van der Waals surface area contributed by atoms with Crippen molar-refractivity contribution in [1.29, 1.82) is 0 Å². The maximum Gasteiger partial charge on any atom is 0.224 e. The Bertz CT molecular complexity index is 321. The highest BCUT2D eigenvalue weighted by Gasteiger charge is 2.17. The van der Waals surface area contributed by atoms with Crippen molar-refractivity contribution in [3.05, 3.63) is 30.1 Å². The van der Waals surface area contributed by atoms with Crippen LogP contribution in [-0.2, 0) is 16.0 Å². The molecule has 1 aliphatic rings. The van der Waals surface area contributed by atoms with Gasteiger partial charge in [0, 0.05) is 19.0 Å². The number of rotatable bonds is 3. The van der Waals surface area contributed by atoms with Crippen molar-refractivity contribution >= 4 is 5.91 Å². The summed E-state index contributed by atoms with van der Waals surface area (Å²) in [7, 11) is 0. The van der Waals surface area contributed by atoms with Gasteiger partial charge in [-0.3, -0.25) is 9.78 Å². The third-order valence-corrected chi connectivity index (χ3v) is 2.38. The van der Waals surface area contributed by atoms with Crippen molar-refractivity contribution in [2.75, 3.05) is 13.2 Å². The summed E-state index contributed by atoms with van der Waals surface area (Å²) in [5, 5.41) is 2.94. The Kier molecular flexibility index (Phi) is 3.29. The summed E-state index contributed by atoms with van der Waals surface area (Å²) >= 11 is 0. The Balaban J connectivity index is 1.82. The minimum absolute atomic E-state index is 0.0403. The van der Waals surface area contributed by atoms with E-state index in [4.69, 9.17) is 4.74 Å². The number of carbonyl (C=O) groups is 1. The van der Waals surface area contributed by atoms with Gasteiger partial charge >= 0.3 is 0 Å². The second-order valence-corrected chi connectivity index (χ2v) is 3.67. The highest BCUT2D eigenvalue weighted by Crippen LogP contribution is 2.04. The maximum absolute atomic E-state index is 11.6. The number of nitrogens with zero attached hydrogens (tertiary/aromatic N) is 1. The van der Waals surface area contributed by atoms with E-state index >= 15 is 0 Å². The van der Waals surface area contributed by atoms with Gasteiger partial charge in [-0.25, -0.2) is 0 Å². The number of ether oxygens (including phenoxy) is 1. The van der Waals surface area contributed by atoms with Crippen LogP contribution in [0.3, 0.4) is 0 Å². The molecule has 4 heteroatoms. The predicted octanol–water partition coefficient (Wildman–Crippen LogP) is 0.529. The van der Waals surface area contributed by atoms with E-state index in [9.17, 15) is 4.79 Å². The third kappa shape index (κ3) is 3.02. The second kappa shape index (κ2) is 4.89. The number of pyridine rings is 1. The fourth-order valence-electron chi connectivity index (χ4n) is 1.62. The van der Waals surface area contributed by atoms with E-state index in [0.29, 0.717) is 13.0 Å². The van der Waals surface area contributed by atoms with Crippen LogP contribution < -0.4 is 5.32 Å². The molecule has 1 aliphatic heterocycles. The lowest BCUT2D eigenvalue weighted by molar-refractivity contribution is -0.121. The van der Waals surface area contributed by atoms with Crippen molar-refractivity contribution in [3.8, 4) is 0 Å². The zero-order valence-corrected chi connectivity index (χ0v) is 8.48. The molecular formula is C11H14N2O2. The molecule has 0 saturated carbocycles. The average Bonchev–Trinajstić information content (AvgIpc) is 2.71. The van der Waals surface area contributed by atoms with Crippen LogP contribution in [0.5, 0.6) is 0 Å². The first-order valence-corrected chi connectivity index (χ1v) is 5.10. The highest BCUT2D eigenvalue weighted by atomic mass is 16.5. The average molecular weight is 206 g/mol. The summed E-state index contributed by atoms with van der Waals surface area (Å²) in [4.78, 5) is 15.5. The van der Waals surface area contributed by atoms with Crippen LogP contribution in [0.2, 0.25) is 0 Å². The molecule has 1 N–H and O–H groups in total. The van der Waals surface area contributed by atoms with E-state index in [2.05, 4.69) is 10.3 Å². The van der Waals surface area contributed by atoms with E-state index in [0.717, 1.165) is 18.6 Å². The first kappa shape index (κ1) is 10.1. The zero-order valence-electron chi connectivity index (χ0n) is 8.48. The van der Waals surface area contributed by atoms with Gasteiger partial charge in [0.1, 0.15) is 0 Å². The highest BCUT2D eigenvalue weighted by molar-refractivity contribution is 5.78. The number of nitrogens with one attached hydrogen (secondary N) is 1. The Labute approximate surface area is 88.7 Å². The molecule has 0 aliphatic carbocycles. The lowest BCUT2D eigenvalue weighted by Crippen LogP contribution is -2.36. The molecule has 1 unspecified atom stereocenters. The summed E-state index contributed by atoms with van der Waals surface area (Å²) in [6.07, 6.45) is 4.72. The number of hydrogen-bond acceptors (Lipinski definition) is 3. The predicted molar refractivity (Wildman–Crippen MR) is 55.3 cm³/mol. The lowest BCUT2D eigenvalue weighted by Gasteiger charge is -2.10. The van der Waals surface area contributed by atoms with Crippen molar-refractivity contribution in [2.24, 2.45) is 0 Å². The maximum atomic E-state index is 11.6. The molecule has 2 heterocycles. The standard InChI is InChI=1S/C11H14N2O2/c14-11(13-10-3-5-15-8-10)6-9-2-1-4-12-7-9/h1-2,4,7,10H,3,5-6,8H2,(H,13,14). The van der Waals surface area contributed by atoms with Crippen LogP contribution in [-0.4, -0.2) is 30.1 Å². The van der Waals surface area contributed by atoms with Crippen LogP contribution in [0.1, 0.15) is 12.0 Å². The van der Waals surface area contributed by atoms with Gasteiger partial charge < -0.3 is 10.1 Å². The van der Waals surface area contributed by atoms with Crippen LogP contribution in [0.4, 0.5) is 0 Å². The van der Waals surface area contributed by atoms with E-state index in [1.807, 2.05) is 12.1 Å². The fourth-order valence-corrected chi connectivity index (χ4v) is 1.62. The van der Waals surface area contributed by atoms with Gasteiger partial charge in [-0.2, -0.15) is 0 Å². The first-order valence-electron chi connectivity index (χ1n) is 5.10. The summed E-state index contributed by atoms with van der Waals surface area (Å²) < 4.78 is 5.18. The van der Waals surface area contributed by atoms with Gasteiger partial charge in [-0.1, -0.05) is 6.07 Å². The fraction of sp³-hybridized carbons (Fsp3) is 0.455. The second-order valence-electron chi connectivity index (χ2n) is 3.67. The van der Waals surface area contributed by atoms with E-state index < -0.39 is 0 Å². The van der Waals surface area contributed by atoms with Gasteiger partial charge in [-0.15, -0.1) is 0 Å². The summed E-state index contributed by atoms with van der Waals surface area (Å²) in [5.74, 6) is 0.0403. The van der Waals surface area contributed by atoms with Gasteiger partial charge in [0.05, 0.1) is 19.1 Å². The van der Waals surface area contributed by atoms with Crippen LogP contribution >= 0.6 is 0 Å². The number of carbonyl (C=O) groups excluding carboxylic acids is 1. The SMILES string of the molecule is O=C(Cc1cccnc1)NC1CCOC1. The lowest BCUT2D eigenvalue weighted by atomic mass is 10.2. The zero-order chi connectivity index (χ0) is 10.5. The van der Waals surface area contributed by atoms with Crippen molar-refractivity contribution in [3.63, 3.8) is 0 Å².